The fourth-order valence-corrected chi connectivity index (χ4v) is 0.483. The molecule has 0 aromatic carbocycles. The van der Waals surface area contributed by atoms with Gasteiger partial charge in [0.15, 0.2) is 0 Å². The maximum atomic E-state index is 12.1. The molecule has 0 rings (SSSR count). The average molecular weight is 156 g/mol. The first-order chi connectivity index (χ1) is 5.02. The van der Waals surface area contributed by atoms with E-state index in [2.05, 4.69) is 17.9 Å². The molecule has 1 unspecified atom stereocenters. The molecule has 0 radical (unpaired) electrons. The van der Waals surface area contributed by atoms with Gasteiger partial charge < -0.3 is 4.74 Å². The predicted molar refractivity (Wildman–Crippen MR) is 44.7 cm³/mol. The van der Waals surface area contributed by atoms with Crippen LogP contribution in [0.4, 0.5) is 4.39 Å². The molecular weight excluding hydrogens is 143 g/mol. The summed E-state index contributed by atoms with van der Waals surface area (Å²) in [4.78, 5) is 0. The van der Waals surface area contributed by atoms with Crippen LogP contribution in [0.3, 0.4) is 0 Å². The maximum Gasteiger partial charge on any atom is 0.235 e. The smallest absolute Gasteiger partial charge is 0.235 e. The van der Waals surface area contributed by atoms with Crippen LogP contribution in [0.1, 0.15) is 13.8 Å². The van der Waals surface area contributed by atoms with Gasteiger partial charge in [-0.25, -0.2) is 4.39 Å². The first-order valence-corrected chi connectivity index (χ1v) is 3.35. The third kappa shape index (κ3) is 6.84. The van der Waals surface area contributed by atoms with E-state index in [1.807, 2.05) is 6.92 Å². The van der Waals surface area contributed by atoms with Crippen LogP contribution < -0.4 is 0 Å². The molecule has 0 amide bonds. The summed E-state index contributed by atoms with van der Waals surface area (Å²) in [6, 6.07) is 0. The van der Waals surface area contributed by atoms with Gasteiger partial charge in [-0.05, 0) is 13.0 Å². The molecule has 0 aliphatic carbocycles. The lowest BCUT2D eigenvalue weighted by Crippen LogP contribution is -1.97. The van der Waals surface area contributed by atoms with Crippen LogP contribution in [0.15, 0.2) is 36.6 Å². The van der Waals surface area contributed by atoms with Crippen molar-refractivity contribution in [3.63, 3.8) is 0 Å². The van der Waals surface area contributed by atoms with E-state index in [9.17, 15) is 4.39 Å². The molecule has 0 saturated heterocycles. The second kappa shape index (κ2) is 4.72. The van der Waals surface area contributed by atoms with Crippen molar-refractivity contribution < 1.29 is 9.13 Å². The molecule has 1 nitrogen and oxygen atoms in total. The minimum absolute atomic E-state index is 0.308. The van der Waals surface area contributed by atoms with Gasteiger partial charge in [-0.2, -0.15) is 0 Å². The highest BCUT2D eigenvalue weighted by atomic mass is 19.1. The minimum atomic E-state index is -1.31. The molecule has 1 atom stereocenters. The third-order valence-electron chi connectivity index (χ3n) is 0.868. The van der Waals surface area contributed by atoms with Gasteiger partial charge in [0.2, 0.25) is 6.36 Å². The zero-order valence-electron chi connectivity index (χ0n) is 6.93. The van der Waals surface area contributed by atoms with Crippen molar-refractivity contribution in [2.45, 2.75) is 20.2 Å². The SMILES string of the molecule is C=C(C)C=CC(=C)OC(C)F. The predicted octanol–water partition coefficient (Wildman–Crippen LogP) is 2.96. The molecule has 0 fully saturated rings. The second-order valence-corrected chi connectivity index (χ2v) is 2.31. The van der Waals surface area contributed by atoms with Crippen molar-refractivity contribution in [3.8, 4) is 0 Å². The van der Waals surface area contributed by atoms with Crippen LogP contribution in [0, 0.1) is 0 Å². The Morgan fingerprint density at radius 3 is 2.36 bits per heavy atom. The fraction of sp³-hybridized carbons (Fsp3) is 0.333. The van der Waals surface area contributed by atoms with Gasteiger partial charge in [-0.1, -0.05) is 24.8 Å². The van der Waals surface area contributed by atoms with Crippen molar-refractivity contribution in [1.82, 2.24) is 0 Å². The number of ether oxygens (including phenoxy) is 1. The topological polar surface area (TPSA) is 9.23 Å². The van der Waals surface area contributed by atoms with E-state index in [0.29, 0.717) is 5.76 Å². The highest BCUT2D eigenvalue weighted by Gasteiger charge is 1.96. The van der Waals surface area contributed by atoms with Crippen molar-refractivity contribution in [2.24, 2.45) is 0 Å². The summed E-state index contributed by atoms with van der Waals surface area (Å²) in [5.74, 6) is 0.308. The zero-order valence-corrected chi connectivity index (χ0v) is 6.93. The van der Waals surface area contributed by atoms with Crippen LogP contribution in [-0.4, -0.2) is 6.36 Å². The highest BCUT2D eigenvalue weighted by molar-refractivity contribution is 5.19. The Morgan fingerprint density at radius 1 is 1.45 bits per heavy atom. The third-order valence-corrected chi connectivity index (χ3v) is 0.868. The lowest BCUT2D eigenvalue weighted by molar-refractivity contribution is 0.0291. The first kappa shape index (κ1) is 9.95. The van der Waals surface area contributed by atoms with E-state index < -0.39 is 6.36 Å². The molecule has 0 aromatic rings. The zero-order chi connectivity index (χ0) is 8.85. The van der Waals surface area contributed by atoms with Crippen LogP contribution in [0.5, 0.6) is 0 Å². The number of rotatable bonds is 4. The Hall–Kier alpha value is -1.05. The number of halogens is 1. The van der Waals surface area contributed by atoms with Gasteiger partial charge in [0.1, 0.15) is 5.76 Å². The first-order valence-electron chi connectivity index (χ1n) is 3.35. The Balaban J connectivity index is 3.78. The van der Waals surface area contributed by atoms with Crippen LogP contribution >= 0.6 is 0 Å². The quantitative estimate of drug-likeness (QED) is 0.449. The monoisotopic (exact) mass is 156 g/mol. The van der Waals surface area contributed by atoms with Gasteiger partial charge in [0, 0.05) is 6.92 Å². The summed E-state index contributed by atoms with van der Waals surface area (Å²) in [6.45, 7) is 10.2. The second-order valence-electron chi connectivity index (χ2n) is 2.31. The van der Waals surface area contributed by atoms with Gasteiger partial charge in [0.25, 0.3) is 0 Å². The van der Waals surface area contributed by atoms with E-state index in [1.165, 1.54) is 6.92 Å². The Labute approximate surface area is 66.9 Å². The van der Waals surface area contributed by atoms with E-state index in [-0.39, 0.29) is 0 Å². The van der Waals surface area contributed by atoms with Crippen LogP contribution in [0.2, 0.25) is 0 Å². The van der Waals surface area contributed by atoms with Gasteiger partial charge >= 0.3 is 0 Å². The standard InChI is InChI=1S/C9H13FO/c1-7(2)5-6-8(3)11-9(4)10/h5-6,9H,1,3H2,2,4H3. The van der Waals surface area contributed by atoms with E-state index in [4.69, 9.17) is 0 Å². The largest absolute Gasteiger partial charge is 0.461 e. The Kier molecular flexibility index (Phi) is 4.27. The molecular formula is C9H13FO. The van der Waals surface area contributed by atoms with Crippen molar-refractivity contribution in [1.29, 1.82) is 0 Å². The Bertz CT molecular complexity index is 180. The molecule has 0 aliphatic rings. The molecule has 11 heavy (non-hydrogen) atoms. The average Bonchev–Trinajstić information content (AvgIpc) is 1.82. The molecule has 0 saturated carbocycles. The molecule has 0 aromatic heterocycles. The molecule has 2 heteroatoms. The van der Waals surface area contributed by atoms with Crippen LogP contribution in [0.25, 0.3) is 0 Å². The number of allylic oxidation sites excluding steroid dienone is 3. The number of hydrogen-bond acceptors (Lipinski definition) is 1. The van der Waals surface area contributed by atoms with E-state index in [1.54, 1.807) is 12.2 Å². The van der Waals surface area contributed by atoms with Crippen molar-refractivity contribution in [3.05, 3.63) is 36.6 Å². The van der Waals surface area contributed by atoms with E-state index in [0.717, 1.165) is 5.57 Å². The molecule has 62 valence electrons. The number of alkyl halides is 1. The summed E-state index contributed by atoms with van der Waals surface area (Å²) < 4.78 is 16.7. The summed E-state index contributed by atoms with van der Waals surface area (Å²) >= 11 is 0. The summed E-state index contributed by atoms with van der Waals surface area (Å²) in [5, 5.41) is 0. The van der Waals surface area contributed by atoms with Gasteiger partial charge in [-0.3, -0.25) is 0 Å². The minimum Gasteiger partial charge on any atom is -0.461 e. The fourth-order valence-electron chi connectivity index (χ4n) is 0.483. The summed E-state index contributed by atoms with van der Waals surface area (Å²) in [5.41, 5.74) is 0.876. The summed E-state index contributed by atoms with van der Waals surface area (Å²) in [6.07, 6.45) is 1.99. The maximum absolute atomic E-state index is 12.1. The summed E-state index contributed by atoms with van der Waals surface area (Å²) in [7, 11) is 0. The molecule has 0 heterocycles. The lowest BCUT2D eigenvalue weighted by atomic mass is 10.3. The van der Waals surface area contributed by atoms with Crippen molar-refractivity contribution in [2.75, 3.05) is 0 Å². The van der Waals surface area contributed by atoms with Gasteiger partial charge in [-0.15, -0.1) is 0 Å². The normalized spacial score (nSPS) is 13.0. The Morgan fingerprint density at radius 2 is 2.00 bits per heavy atom. The molecule has 0 N–H and O–H groups in total. The highest BCUT2D eigenvalue weighted by Crippen LogP contribution is 2.03. The van der Waals surface area contributed by atoms with Gasteiger partial charge in [0.05, 0.1) is 0 Å². The van der Waals surface area contributed by atoms with E-state index >= 15 is 0 Å². The lowest BCUT2D eigenvalue weighted by Gasteiger charge is -2.04. The molecule has 0 spiro atoms. The van der Waals surface area contributed by atoms with Crippen molar-refractivity contribution >= 4 is 0 Å². The molecule has 0 aliphatic heterocycles. The molecule has 0 bridgehead atoms. The van der Waals surface area contributed by atoms with Crippen LogP contribution in [-0.2, 0) is 4.74 Å². The number of hydrogen-bond donors (Lipinski definition) is 0.